The lowest BCUT2D eigenvalue weighted by Gasteiger charge is -2.21. The fraction of sp³-hybridized carbons (Fsp3) is 0.316. The maximum Gasteiger partial charge on any atom is 0.272 e. The lowest BCUT2D eigenvalue weighted by Crippen LogP contribution is -2.34. The maximum absolute atomic E-state index is 13.1. The lowest BCUT2D eigenvalue weighted by molar-refractivity contribution is 0.0758. The van der Waals surface area contributed by atoms with Gasteiger partial charge in [0, 0.05) is 31.7 Å². The molecule has 130 valence electrons. The Balaban J connectivity index is 1.88. The van der Waals surface area contributed by atoms with Gasteiger partial charge in [-0.15, -0.1) is 0 Å². The third kappa shape index (κ3) is 3.33. The minimum Gasteiger partial charge on any atom is -0.493 e. The molecule has 3 aromatic rings. The predicted octanol–water partition coefficient (Wildman–Crippen LogP) is 2.75. The van der Waals surface area contributed by atoms with E-state index in [1.165, 1.54) is 0 Å². The molecule has 0 N–H and O–H groups in total. The molecule has 0 aliphatic carbocycles. The van der Waals surface area contributed by atoms with Crippen LogP contribution in [0.3, 0.4) is 0 Å². The number of methoxy groups -OCH3 is 1. The number of carbonyl (C=O) groups excluding carboxylic acids is 1. The highest BCUT2D eigenvalue weighted by atomic mass is 16.5. The number of fused-ring (bicyclic) bond motifs is 1. The molecule has 6 nitrogen and oxygen atoms in total. The van der Waals surface area contributed by atoms with Gasteiger partial charge in [-0.25, -0.2) is 4.98 Å². The van der Waals surface area contributed by atoms with Crippen molar-refractivity contribution in [1.82, 2.24) is 19.3 Å². The van der Waals surface area contributed by atoms with E-state index in [0.717, 1.165) is 12.0 Å². The Morgan fingerprint density at radius 3 is 2.72 bits per heavy atom. The van der Waals surface area contributed by atoms with Crippen LogP contribution < -0.4 is 4.74 Å². The van der Waals surface area contributed by atoms with Crippen molar-refractivity contribution in [3.8, 4) is 5.75 Å². The number of amides is 1. The molecule has 0 aliphatic heterocycles. The van der Waals surface area contributed by atoms with Gasteiger partial charge in [0.25, 0.3) is 5.91 Å². The van der Waals surface area contributed by atoms with E-state index in [-0.39, 0.29) is 5.91 Å². The molecule has 0 unspecified atom stereocenters. The Morgan fingerprint density at radius 2 is 2.04 bits per heavy atom. The molecule has 0 spiro atoms. The van der Waals surface area contributed by atoms with E-state index >= 15 is 0 Å². The topological polar surface area (TPSA) is 59.7 Å². The number of nitrogens with zero attached hydrogens (tertiary/aromatic N) is 4. The molecule has 1 amide bonds. The van der Waals surface area contributed by atoms with Crippen LogP contribution >= 0.6 is 0 Å². The molecule has 0 fully saturated rings. The van der Waals surface area contributed by atoms with Gasteiger partial charge in [-0.1, -0.05) is 0 Å². The first kappa shape index (κ1) is 17.0. The highest BCUT2D eigenvalue weighted by Gasteiger charge is 2.22. The number of hydrogen-bond donors (Lipinski definition) is 0. The number of aromatic nitrogens is 3. The van der Waals surface area contributed by atoms with Crippen molar-refractivity contribution >= 4 is 11.6 Å². The van der Waals surface area contributed by atoms with Gasteiger partial charge in [-0.05, 0) is 50.1 Å². The fourth-order valence-electron chi connectivity index (χ4n) is 2.94. The van der Waals surface area contributed by atoms with Gasteiger partial charge in [0.15, 0.2) is 11.4 Å². The van der Waals surface area contributed by atoms with Gasteiger partial charge in [-0.2, -0.15) is 0 Å². The van der Waals surface area contributed by atoms with Gasteiger partial charge in [0.2, 0.25) is 0 Å². The van der Waals surface area contributed by atoms with E-state index in [9.17, 15) is 4.79 Å². The summed E-state index contributed by atoms with van der Waals surface area (Å²) >= 11 is 0. The van der Waals surface area contributed by atoms with E-state index < -0.39 is 0 Å². The Hall–Kier alpha value is -2.89. The van der Waals surface area contributed by atoms with Crippen LogP contribution in [0.1, 0.15) is 28.7 Å². The molecule has 3 aromatic heterocycles. The fourth-order valence-corrected chi connectivity index (χ4v) is 2.94. The van der Waals surface area contributed by atoms with Crippen LogP contribution in [-0.4, -0.2) is 45.4 Å². The summed E-state index contributed by atoms with van der Waals surface area (Å²) in [5.74, 6) is 0.638. The summed E-state index contributed by atoms with van der Waals surface area (Å²) in [6, 6.07) is 7.65. The number of carbonyl (C=O) groups is 1. The van der Waals surface area contributed by atoms with Crippen LogP contribution in [0.5, 0.6) is 5.75 Å². The van der Waals surface area contributed by atoms with E-state index in [0.29, 0.717) is 35.9 Å². The zero-order valence-corrected chi connectivity index (χ0v) is 14.8. The number of imidazole rings is 1. The molecule has 25 heavy (non-hydrogen) atoms. The van der Waals surface area contributed by atoms with Crippen LogP contribution in [-0.2, 0) is 6.42 Å². The highest BCUT2D eigenvalue weighted by molar-refractivity contribution is 5.95. The average molecular weight is 338 g/mol. The largest absolute Gasteiger partial charge is 0.493 e. The molecular weight excluding hydrogens is 316 g/mol. The van der Waals surface area contributed by atoms with Crippen molar-refractivity contribution in [2.45, 2.75) is 20.3 Å². The summed E-state index contributed by atoms with van der Waals surface area (Å²) in [4.78, 5) is 23.5. The van der Waals surface area contributed by atoms with Crippen LogP contribution in [0.2, 0.25) is 0 Å². The maximum atomic E-state index is 13.1. The smallest absolute Gasteiger partial charge is 0.272 e. The summed E-state index contributed by atoms with van der Waals surface area (Å²) < 4.78 is 7.16. The zero-order valence-electron chi connectivity index (χ0n) is 14.8. The van der Waals surface area contributed by atoms with Gasteiger partial charge in [0.05, 0.1) is 12.8 Å². The number of aryl methyl sites for hydroxylation is 1. The molecule has 0 saturated heterocycles. The standard InChI is InChI=1S/C19H22N4O2/c1-4-22(13-9-15-7-10-20-11-8-15)19(24)17-14(2)21-18-16(25-3)6-5-12-23(17)18/h5-8,10-12H,4,9,13H2,1-3H3. The van der Waals surface area contributed by atoms with E-state index in [2.05, 4.69) is 9.97 Å². The lowest BCUT2D eigenvalue weighted by atomic mass is 10.2. The van der Waals surface area contributed by atoms with E-state index in [4.69, 9.17) is 4.74 Å². The van der Waals surface area contributed by atoms with Crippen LogP contribution in [0, 0.1) is 6.92 Å². The Bertz CT molecular complexity index is 874. The molecule has 3 rings (SSSR count). The highest BCUT2D eigenvalue weighted by Crippen LogP contribution is 2.22. The summed E-state index contributed by atoms with van der Waals surface area (Å²) in [5, 5.41) is 0. The monoisotopic (exact) mass is 338 g/mol. The molecule has 0 radical (unpaired) electrons. The van der Waals surface area contributed by atoms with Crippen LogP contribution in [0.15, 0.2) is 42.9 Å². The number of likely N-dealkylation sites (N-methyl/N-ethyl adjacent to an activating group) is 1. The first-order chi connectivity index (χ1) is 12.2. The third-order valence-electron chi connectivity index (χ3n) is 4.30. The van der Waals surface area contributed by atoms with E-state index in [1.54, 1.807) is 19.5 Å². The molecule has 0 bridgehead atoms. The van der Waals surface area contributed by atoms with Crippen LogP contribution in [0.4, 0.5) is 0 Å². The van der Waals surface area contributed by atoms with Gasteiger partial charge in [0.1, 0.15) is 5.69 Å². The normalized spacial score (nSPS) is 10.8. The molecular formula is C19H22N4O2. The van der Waals surface area contributed by atoms with Gasteiger partial charge >= 0.3 is 0 Å². The Kier molecular flexibility index (Phi) is 4.97. The van der Waals surface area contributed by atoms with Crippen molar-refractivity contribution in [3.63, 3.8) is 0 Å². The number of hydrogen-bond acceptors (Lipinski definition) is 4. The molecule has 0 aliphatic rings. The zero-order chi connectivity index (χ0) is 17.8. The van der Waals surface area contributed by atoms with Crippen molar-refractivity contribution in [1.29, 1.82) is 0 Å². The SMILES string of the molecule is CCN(CCc1ccncc1)C(=O)c1c(C)nc2c(OC)cccn12. The third-order valence-corrected chi connectivity index (χ3v) is 4.30. The second kappa shape index (κ2) is 7.34. The quantitative estimate of drug-likeness (QED) is 0.693. The molecule has 0 saturated carbocycles. The van der Waals surface area contributed by atoms with E-state index in [1.807, 2.05) is 53.6 Å². The van der Waals surface area contributed by atoms with Crippen molar-refractivity contribution < 1.29 is 9.53 Å². The van der Waals surface area contributed by atoms with Gasteiger partial charge < -0.3 is 9.64 Å². The number of rotatable bonds is 6. The summed E-state index contributed by atoms with van der Waals surface area (Å²) in [6.07, 6.45) is 6.19. The first-order valence-electron chi connectivity index (χ1n) is 8.35. The Morgan fingerprint density at radius 1 is 1.28 bits per heavy atom. The first-order valence-corrected chi connectivity index (χ1v) is 8.35. The summed E-state index contributed by atoms with van der Waals surface area (Å²) in [6.45, 7) is 5.14. The molecule has 6 heteroatoms. The minimum atomic E-state index is -0.0187. The summed E-state index contributed by atoms with van der Waals surface area (Å²) in [7, 11) is 1.61. The average Bonchev–Trinajstić information content (AvgIpc) is 2.98. The second-order valence-corrected chi connectivity index (χ2v) is 5.81. The van der Waals surface area contributed by atoms with Crippen molar-refractivity contribution in [2.24, 2.45) is 0 Å². The van der Waals surface area contributed by atoms with Crippen molar-refractivity contribution in [3.05, 3.63) is 59.8 Å². The molecule has 3 heterocycles. The molecule has 0 atom stereocenters. The van der Waals surface area contributed by atoms with Gasteiger partial charge in [-0.3, -0.25) is 14.2 Å². The Labute approximate surface area is 147 Å². The van der Waals surface area contributed by atoms with Crippen LogP contribution in [0.25, 0.3) is 5.65 Å². The van der Waals surface area contributed by atoms with Crippen molar-refractivity contribution in [2.75, 3.05) is 20.2 Å². The molecule has 0 aromatic carbocycles. The number of pyridine rings is 2. The minimum absolute atomic E-state index is 0.0187. The summed E-state index contributed by atoms with van der Waals surface area (Å²) in [5.41, 5.74) is 3.12. The number of ether oxygens (including phenoxy) is 1. The predicted molar refractivity (Wildman–Crippen MR) is 96.0 cm³/mol. The second-order valence-electron chi connectivity index (χ2n) is 5.81.